The predicted molar refractivity (Wildman–Crippen MR) is 133 cm³/mol. The summed E-state index contributed by atoms with van der Waals surface area (Å²) in [6.07, 6.45) is 14.4. The van der Waals surface area contributed by atoms with E-state index in [2.05, 4.69) is 39.8 Å². The normalized spacial score (nSPS) is 43.5. The molecule has 1 N–H and O–H groups in total. The van der Waals surface area contributed by atoms with Crippen molar-refractivity contribution in [3.05, 3.63) is 11.6 Å². The number of allylic oxidation sites excluding steroid dienone is 2. The second kappa shape index (κ2) is 8.51. The second-order valence-corrected chi connectivity index (χ2v) is 13.4. The Hall–Kier alpha value is -1.14. The van der Waals surface area contributed by atoms with Crippen LogP contribution in [-0.4, -0.2) is 16.5 Å². The Balaban J connectivity index is 1.49. The lowest BCUT2D eigenvalue weighted by molar-refractivity contribution is -0.125. The van der Waals surface area contributed by atoms with E-state index >= 15 is 0 Å². The SMILES string of the molecule is CC[C@]1(O)CC[C@]2(C)C3=CC[C@]4(C)[C@@H]([C@H](C)CCC(=O)C(C)(C)C#N)CC[C@H]4[C@@H]3CC[C@H]2C1. The van der Waals surface area contributed by atoms with E-state index < -0.39 is 11.0 Å². The Kier molecular flexibility index (Phi) is 6.44. The number of hydrogen-bond acceptors (Lipinski definition) is 3. The number of fused-ring (bicyclic) bond motifs is 5. The zero-order valence-electron chi connectivity index (χ0n) is 22.0. The molecule has 0 aromatic heterocycles. The van der Waals surface area contributed by atoms with Crippen LogP contribution in [-0.2, 0) is 4.79 Å². The third-order valence-corrected chi connectivity index (χ3v) is 11.4. The van der Waals surface area contributed by atoms with Crippen molar-refractivity contribution in [3.63, 3.8) is 0 Å². The first kappa shape index (κ1) is 25.0. The fourth-order valence-corrected chi connectivity index (χ4v) is 8.82. The highest BCUT2D eigenvalue weighted by molar-refractivity contribution is 5.86. The maximum atomic E-state index is 12.6. The summed E-state index contributed by atoms with van der Waals surface area (Å²) in [6, 6.07) is 2.18. The number of carbonyl (C=O) groups is 1. The Morgan fingerprint density at radius 2 is 1.97 bits per heavy atom. The molecule has 0 aliphatic heterocycles. The standard InChI is InChI=1S/C30H47NO2/c1-7-30(33)17-16-28(5)21(18-30)9-10-22-24-12-11-23(29(24,6)15-14-25(22)28)20(2)8-13-26(32)27(3,4)19-31/h14,20-24,33H,7-13,15-18H2,1-6H3/t20-,21+,22+,23-,24+,28+,29-,30+/m1/s1. The van der Waals surface area contributed by atoms with Gasteiger partial charge in [0.15, 0.2) is 5.78 Å². The van der Waals surface area contributed by atoms with Crippen LogP contribution in [0, 0.1) is 57.2 Å². The van der Waals surface area contributed by atoms with Gasteiger partial charge in [0.25, 0.3) is 0 Å². The van der Waals surface area contributed by atoms with E-state index in [0.717, 1.165) is 38.0 Å². The molecule has 0 aromatic rings. The molecule has 3 saturated carbocycles. The summed E-state index contributed by atoms with van der Waals surface area (Å²) < 4.78 is 0. The smallest absolute Gasteiger partial charge is 0.152 e. The van der Waals surface area contributed by atoms with E-state index in [1.165, 1.54) is 32.1 Å². The van der Waals surface area contributed by atoms with Gasteiger partial charge in [-0.25, -0.2) is 0 Å². The predicted octanol–water partition coefficient (Wildman–Crippen LogP) is 7.24. The van der Waals surface area contributed by atoms with Gasteiger partial charge in [-0.05, 0) is 118 Å². The highest BCUT2D eigenvalue weighted by Gasteiger charge is 2.58. The summed E-state index contributed by atoms with van der Waals surface area (Å²) in [6.45, 7) is 13.1. The van der Waals surface area contributed by atoms with Crippen LogP contribution >= 0.6 is 0 Å². The number of carbonyl (C=O) groups excluding carboxylic acids is 1. The van der Waals surface area contributed by atoms with Crippen molar-refractivity contribution in [2.75, 3.05) is 0 Å². The molecule has 4 aliphatic carbocycles. The molecule has 0 bridgehead atoms. The van der Waals surface area contributed by atoms with Crippen LogP contribution in [0.1, 0.15) is 112 Å². The fourth-order valence-electron chi connectivity index (χ4n) is 8.82. The molecule has 0 spiro atoms. The summed E-state index contributed by atoms with van der Waals surface area (Å²) >= 11 is 0. The van der Waals surface area contributed by atoms with Gasteiger partial charge in [-0.15, -0.1) is 0 Å². The van der Waals surface area contributed by atoms with Crippen molar-refractivity contribution in [1.82, 2.24) is 0 Å². The van der Waals surface area contributed by atoms with Gasteiger partial charge in [-0.1, -0.05) is 39.3 Å². The molecular weight excluding hydrogens is 406 g/mol. The summed E-state index contributed by atoms with van der Waals surface area (Å²) in [5.41, 5.74) is 1.07. The van der Waals surface area contributed by atoms with Gasteiger partial charge >= 0.3 is 0 Å². The van der Waals surface area contributed by atoms with Crippen LogP contribution < -0.4 is 0 Å². The number of Topliss-reactive ketones (excluding diaryl/α,β-unsaturated/α-hetero) is 1. The summed E-state index contributed by atoms with van der Waals surface area (Å²) in [4.78, 5) is 12.6. The zero-order chi connectivity index (χ0) is 24.2. The molecule has 3 heteroatoms. The first-order chi connectivity index (χ1) is 15.4. The lowest BCUT2D eigenvalue weighted by Crippen LogP contribution is -2.51. The lowest BCUT2D eigenvalue weighted by atomic mass is 9.47. The first-order valence-electron chi connectivity index (χ1n) is 13.8. The highest BCUT2D eigenvalue weighted by atomic mass is 16.3. The van der Waals surface area contributed by atoms with Gasteiger partial charge in [0.1, 0.15) is 5.41 Å². The molecule has 4 aliphatic rings. The molecule has 4 rings (SSSR count). The molecule has 184 valence electrons. The molecule has 0 heterocycles. The van der Waals surface area contributed by atoms with Crippen LogP contribution in [0.2, 0.25) is 0 Å². The van der Waals surface area contributed by atoms with Gasteiger partial charge in [0, 0.05) is 6.42 Å². The third kappa shape index (κ3) is 4.03. The molecule has 8 atom stereocenters. The van der Waals surface area contributed by atoms with Gasteiger partial charge in [0.05, 0.1) is 11.7 Å². The maximum absolute atomic E-state index is 12.6. The van der Waals surface area contributed by atoms with Crippen LogP contribution in [0.25, 0.3) is 0 Å². The minimum atomic E-state index is -0.859. The third-order valence-electron chi connectivity index (χ3n) is 11.4. The monoisotopic (exact) mass is 453 g/mol. The molecule has 0 saturated heterocycles. The average molecular weight is 454 g/mol. The Bertz CT molecular complexity index is 852. The Labute approximate surface area is 202 Å². The molecule has 3 nitrogen and oxygen atoms in total. The van der Waals surface area contributed by atoms with Gasteiger partial charge in [-0.3, -0.25) is 4.79 Å². The van der Waals surface area contributed by atoms with Crippen LogP contribution in [0.15, 0.2) is 11.6 Å². The van der Waals surface area contributed by atoms with Gasteiger partial charge in [-0.2, -0.15) is 5.26 Å². The molecule has 0 amide bonds. The van der Waals surface area contributed by atoms with Crippen molar-refractivity contribution in [3.8, 4) is 6.07 Å². The maximum Gasteiger partial charge on any atom is 0.152 e. The van der Waals surface area contributed by atoms with E-state index in [0.29, 0.717) is 35.5 Å². The largest absolute Gasteiger partial charge is 0.390 e. The topological polar surface area (TPSA) is 61.1 Å². The number of aliphatic hydroxyl groups is 1. The highest BCUT2D eigenvalue weighted by Crippen LogP contribution is 2.67. The minimum Gasteiger partial charge on any atom is -0.390 e. The number of rotatable bonds is 6. The number of nitriles is 1. The van der Waals surface area contributed by atoms with Crippen molar-refractivity contribution in [2.24, 2.45) is 45.8 Å². The van der Waals surface area contributed by atoms with Crippen LogP contribution in [0.5, 0.6) is 0 Å². The van der Waals surface area contributed by atoms with Crippen LogP contribution in [0.4, 0.5) is 0 Å². The second-order valence-electron chi connectivity index (χ2n) is 13.4. The molecule has 0 radical (unpaired) electrons. The average Bonchev–Trinajstić information content (AvgIpc) is 3.15. The molecule has 0 unspecified atom stereocenters. The van der Waals surface area contributed by atoms with E-state index in [4.69, 9.17) is 0 Å². The number of hydrogen-bond donors (Lipinski definition) is 1. The van der Waals surface area contributed by atoms with Crippen molar-refractivity contribution >= 4 is 5.78 Å². The quantitative estimate of drug-likeness (QED) is 0.431. The van der Waals surface area contributed by atoms with Crippen molar-refractivity contribution in [2.45, 2.75) is 118 Å². The molecule has 3 fully saturated rings. The van der Waals surface area contributed by atoms with E-state index in [1.54, 1.807) is 19.4 Å². The summed E-state index contributed by atoms with van der Waals surface area (Å²) in [7, 11) is 0. The Morgan fingerprint density at radius 1 is 1.24 bits per heavy atom. The van der Waals surface area contributed by atoms with Crippen molar-refractivity contribution in [1.29, 1.82) is 5.26 Å². The zero-order valence-corrected chi connectivity index (χ0v) is 22.0. The van der Waals surface area contributed by atoms with Crippen LogP contribution in [0.3, 0.4) is 0 Å². The Morgan fingerprint density at radius 3 is 2.64 bits per heavy atom. The summed E-state index contributed by atoms with van der Waals surface area (Å²) in [5.74, 6) is 3.40. The van der Waals surface area contributed by atoms with E-state index in [-0.39, 0.29) is 11.2 Å². The molecule has 33 heavy (non-hydrogen) atoms. The molecule has 0 aromatic carbocycles. The van der Waals surface area contributed by atoms with E-state index in [1.807, 2.05) is 0 Å². The van der Waals surface area contributed by atoms with Gasteiger partial charge < -0.3 is 5.11 Å². The summed E-state index contributed by atoms with van der Waals surface area (Å²) in [5, 5.41) is 20.3. The van der Waals surface area contributed by atoms with Gasteiger partial charge in [0.2, 0.25) is 0 Å². The van der Waals surface area contributed by atoms with Crippen molar-refractivity contribution < 1.29 is 9.90 Å². The number of nitrogens with zero attached hydrogens (tertiary/aromatic N) is 1. The lowest BCUT2D eigenvalue weighted by Gasteiger charge is -2.58. The minimum absolute atomic E-state index is 0.0953. The first-order valence-corrected chi connectivity index (χ1v) is 13.8. The van der Waals surface area contributed by atoms with E-state index in [9.17, 15) is 15.2 Å². The number of ketones is 1. The fraction of sp³-hybridized carbons (Fsp3) is 0.867. The molecular formula is C30H47NO2.